The van der Waals surface area contributed by atoms with Crippen LogP contribution in [0.4, 0.5) is 0 Å². The Kier molecular flexibility index (Phi) is 12.5. The summed E-state index contributed by atoms with van der Waals surface area (Å²) < 4.78 is 0. The second-order valence-corrected chi connectivity index (χ2v) is 4.04. The van der Waals surface area contributed by atoms with Gasteiger partial charge < -0.3 is 0 Å². The summed E-state index contributed by atoms with van der Waals surface area (Å²) in [6, 6.07) is 0. The maximum Gasteiger partial charge on any atom is -0.0351 e. The average molecular weight is 195 g/mol. The van der Waals surface area contributed by atoms with Crippen molar-refractivity contribution in [2.45, 2.75) is 71.1 Å². The molecule has 0 bridgehead atoms. The molecule has 0 aliphatic rings. The van der Waals surface area contributed by atoms with Crippen LogP contribution in [0.25, 0.3) is 0 Å². The Labute approximate surface area is 90.8 Å². The Bertz CT molecular complexity index is 113. The van der Waals surface area contributed by atoms with Gasteiger partial charge in [0.05, 0.1) is 0 Å². The van der Waals surface area contributed by atoms with E-state index < -0.39 is 0 Å². The third-order valence-corrected chi connectivity index (χ3v) is 2.61. The monoisotopic (exact) mass is 195 g/mol. The molecule has 83 valence electrons. The van der Waals surface area contributed by atoms with Gasteiger partial charge >= 0.3 is 0 Å². The molecule has 0 N–H and O–H groups in total. The number of allylic oxidation sites excluding steroid dienone is 2. The molecule has 0 heterocycles. The van der Waals surface area contributed by atoms with Crippen LogP contribution in [0.2, 0.25) is 0 Å². The minimum absolute atomic E-state index is 1.11. The molecule has 0 aromatic heterocycles. The first kappa shape index (κ1) is 13.7. The van der Waals surface area contributed by atoms with Crippen LogP contribution in [-0.4, -0.2) is 0 Å². The third-order valence-electron chi connectivity index (χ3n) is 2.61. The Hall–Kier alpha value is -0.260. The lowest BCUT2D eigenvalue weighted by Crippen LogP contribution is -1.80. The van der Waals surface area contributed by atoms with Crippen LogP contribution >= 0.6 is 0 Å². The van der Waals surface area contributed by atoms with Crippen LogP contribution in [0.3, 0.4) is 0 Å². The lowest BCUT2D eigenvalue weighted by atomic mass is 10.1. The SMILES string of the molecule is [CH2]CCCCCCCCCCC=CC. The van der Waals surface area contributed by atoms with E-state index in [0.717, 1.165) is 6.42 Å². The molecule has 0 amide bonds. The fourth-order valence-corrected chi connectivity index (χ4v) is 1.67. The van der Waals surface area contributed by atoms with E-state index in [1.165, 1.54) is 57.8 Å². The van der Waals surface area contributed by atoms with Crippen molar-refractivity contribution in [3.8, 4) is 0 Å². The van der Waals surface area contributed by atoms with Gasteiger partial charge in [0.2, 0.25) is 0 Å². The number of hydrogen-bond acceptors (Lipinski definition) is 0. The highest BCUT2D eigenvalue weighted by Crippen LogP contribution is 2.10. The van der Waals surface area contributed by atoms with E-state index >= 15 is 0 Å². The topological polar surface area (TPSA) is 0 Å². The molecule has 0 saturated heterocycles. The summed E-state index contributed by atoms with van der Waals surface area (Å²) in [4.78, 5) is 0. The summed E-state index contributed by atoms with van der Waals surface area (Å²) in [6.07, 6.45) is 18.0. The van der Waals surface area contributed by atoms with Crippen molar-refractivity contribution in [2.75, 3.05) is 0 Å². The average Bonchev–Trinajstić information content (AvgIpc) is 2.21. The van der Waals surface area contributed by atoms with Crippen molar-refractivity contribution in [1.29, 1.82) is 0 Å². The van der Waals surface area contributed by atoms with E-state index in [0.29, 0.717) is 0 Å². The molecule has 0 fully saturated rings. The maximum absolute atomic E-state index is 3.86. The largest absolute Gasteiger partial charge is 0.0917 e. The van der Waals surface area contributed by atoms with Gasteiger partial charge in [-0.1, -0.05) is 70.4 Å². The molecule has 14 heavy (non-hydrogen) atoms. The summed E-state index contributed by atoms with van der Waals surface area (Å²) in [5.74, 6) is 0. The van der Waals surface area contributed by atoms with Crippen molar-refractivity contribution < 1.29 is 0 Å². The van der Waals surface area contributed by atoms with Gasteiger partial charge in [-0.25, -0.2) is 0 Å². The normalized spacial score (nSPS) is 11.3. The molecule has 0 nitrogen and oxygen atoms in total. The molecule has 0 rings (SSSR count). The van der Waals surface area contributed by atoms with Gasteiger partial charge in [0.15, 0.2) is 0 Å². The Morgan fingerprint density at radius 2 is 1.29 bits per heavy atom. The van der Waals surface area contributed by atoms with E-state index in [-0.39, 0.29) is 0 Å². The highest BCUT2D eigenvalue weighted by atomic mass is 14.0. The smallest absolute Gasteiger partial charge is 0.0351 e. The number of rotatable bonds is 10. The van der Waals surface area contributed by atoms with Gasteiger partial charge in [0, 0.05) is 0 Å². The lowest BCUT2D eigenvalue weighted by molar-refractivity contribution is 0.571. The first-order chi connectivity index (χ1) is 6.91. The zero-order valence-electron chi connectivity index (χ0n) is 9.93. The fourth-order valence-electron chi connectivity index (χ4n) is 1.67. The molecular weight excluding hydrogens is 168 g/mol. The van der Waals surface area contributed by atoms with Crippen molar-refractivity contribution >= 4 is 0 Å². The van der Waals surface area contributed by atoms with Crippen LogP contribution in [-0.2, 0) is 0 Å². The van der Waals surface area contributed by atoms with E-state index in [1.54, 1.807) is 0 Å². The maximum atomic E-state index is 3.86. The molecule has 0 aromatic carbocycles. The first-order valence-corrected chi connectivity index (χ1v) is 6.32. The first-order valence-electron chi connectivity index (χ1n) is 6.32. The number of hydrogen-bond donors (Lipinski definition) is 0. The quantitative estimate of drug-likeness (QED) is 0.328. The molecule has 1 radical (unpaired) electrons. The van der Waals surface area contributed by atoms with Gasteiger partial charge in [-0.2, -0.15) is 0 Å². The molecule has 0 heteroatoms. The zero-order chi connectivity index (χ0) is 10.5. The summed E-state index contributed by atoms with van der Waals surface area (Å²) >= 11 is 0. The molecule has 0 unspecified atom stereocenters. The Balaban J connectivity index is 2.85. The second-order valence-electron chi connectivity index (χ2n) is 4.04. The Morgan fingerprint density at radius 3 is 1.79 bits per heavy atom. The van der Waals surface area contributed by atoms with Crippen LogP contribution in [0.1, 0.15) is 71.1 Å². The van der Waals surface area contributed by atoms with Gasteiger partial charge in [-0.15, -0.1) is 0 Å². The minimum atomic E-state index is 1.11. The van der Waals surface area contributed by atoms with Gasteiger partial charge in [0.25, 0.3) is 0 Å². The van der Waals surface area contributed by atoms with Gasteiger partial charge in [0.1, 0.15) is 0 Å². The second kappa shape index (κ2) is 12.7. The standard InChI is InChI=1S/C14H27/c1-3-5-7-9-11-13-14-12-10-8-6-4-2/h4,6H,1,3,5,7-14H2,2H3. The highest BCUT2D eigenvalue weighted by Gasteiger charge is 1.90. The summed E-state index contributed by atoms with van der Waals surface area (Å²) in [6.45, 7) is 5.95. The molecule has 0 atom stereocenters. The third kappa shape index (κ3) is 11.7. The van der Waals surface area contributed by atoms with Crippen molar-refractivity contribution in [3.05, 3.63) is 19.1 Å². The lowest BCUT2D eigenvalue weighted by Gasteiger charge is -2.00. The van der Waals surface area contributed by atoms with Crippen LogP contribution in [0, 0.1) is 6.92 Å². The molecule has 0 aliphatic carbocycles. The fraction of sp³-hybridized carbons (Fsp3) is 0.786. The van der Waals surface area contributed by atoms with Crippen molar-refractivity contribution in [1.82, 2.24) is 0 Å². The van der Waals surface area contributed by atoms with Crippen molar-refractivity contribution in [2.24, 2.45) is 0 Å². The van der Waals surface area contributed by atoms with Crippen molar-refractivity contribution in [3.63, 3.8) is 0 Å². The molecule has 0 aliphatic heterocycles. The molecule has 0 aromatic rings. The van der Waals surface area contributed by atoms with E-state index in [2.05, 4.69) is 26.0 Å². The predicted octanol–water partition coefficient (Wildman–Crippen LogP) is 5.30. The van der Waals surface area contributed by atoms with Gasteiger partial charge in [-0.05, 0) is 19.8 Å². The van der Waals surface area contributed by atoms with Crippen LogP contribution in [0.5, 0.6) is 0 Å². The van der Waals surface area contributed by atoms with E-state index in [9.17, 15) is 0 Å². The summed E-state index contributed by atoms with van der Waals surface area (Å²) in [5, 5.41) is 0. The van der Waals surface area contributed by atoms with Crippen LogP contribution < -0.4 is 0 Å². The molecule has 0 saturated carbocycles. The minimum Gasteiger partial charge on any atom is -0.0917 e. The van der Waals surface area contributed by atoms with Gasteiger partial charge in [-0.3, -0.25) is 0 Å². The number of unbranched alkanes of at least 4 members (excludes halogenated alkanes) is 9. The summed E-state index contributed by atoms with van der Waals surface area (Å²) in [5.41, 5.74) is 0. The highest BCUT2D eigenvalue weighted by molar-refractivity contribution is 4.76. The van der Waals surface area contributed by atoms with E-state index in [1.807, 2.05) is 0 Å². The predicted molar refractivity (Wildman–Crippen MR) is 66.3 cm³/mol. The van der Waals surface area contributed by atoms with Crippen LogP contribution in [0.15, 0.2) is 12.2 Å². The molecular formula is C14H27. The zero-order valence-corrected chi connectivity index (χ0v) is 9.93. The Morgan fingerprint density at radius 1 is 0.786 bits per heavy atom. The summed E-state index contributed by atoms with van der Waals surface area (Å²) in [7, 11) is 0. The molecule has 0 spiro atoms. The van der Waals surface area contributed by atoms with E-state index in [4.69, 9.17) is 0 Å².